The Kier molecular flexibility index (Phi) is 3.44. The maximum atomic E-state index is 4.04. The van der Waals surface area contributed by atoms with Gasteiger partial charge in [-0.05, 0) is 48.0 Å². The molecule has 1 aromatic rings. The first-order valence-electron chi connectivity index (χ1n) is 8.28. The van der Waals surface area contributed by atoms with E-state index in [2.05, 4.69) is 63.3 Å². The lowest BCUT2D eigenvalue weighted by Gasteiger charge is -2.45. The summed E-state index contributed by atoms with van der Waals surface area (Å²) >= 11 is 0. The van der Waals surface area contributed by atoms with Gasteiger partial charge in [-0.15, -0.1) is 0 Å². The van der Waals surface area contributed by atoms with E-state index in [1.807, 2.05) is 0 Å². The van der Waals surface area contributed by atoms with Crippen molar-refractivity contribution in [2.75, 3.05) is 0 Å². The number of nitrogens with one attached hydrogen (secondary N) is 1. The van der Waals surface area contributed by atoms with Gasteiger partial charge in [0.25, 0.3) is 0 Å². The molecule has 2 fully saturated rings. The molecule has 2 unspecified atom stereocenters. The molecule has 0 heterocycles. The van der Waals surface area contributed by atoms with Crippen molar-refractivity contribution in [2.45, 2.75) is 65.5 Å². The van der Waals surface area contributed by atoms with Crippen LogP contribution in [-0.2, 0) is 0 Å². The molecular weight excluding hydrogens is 242 g/mol. The lowest BCUT2D eigenvalue weighted by atomic mass is 9.68. The van der Waals surface area contributed by atoms with Crippen LogP contribution in [-0.4, -0.2) is 6.04 Å². The van der Waals surface area contributed by atoms with E-state index in [1.165, 1.54) is 24.8 Å². The zero-order valence-electron chi connectivity index (χ0n) is 13.4. The predicted octanol–water partition coefficient (Wildman–Crippen LogP) is 4.94. The highest BCUT2D eigenvalue weighted by Crippen LogP contribution is 2.62. The topological polar surface area (TPSA) is 12.0 Å². The first kappa shape index (κ1) is 14.1. The molecule has 0 spiro atoms. The summed E-state index contributed by atoms with van der Waals surface area (Å²) in [7, 11) is 0. The number of fused-ring (bicyclic) bond motifs is 2. The van der Waals surface area contributed by atoms with Crippen LogP contribution in [0.2, 0.25) is 0 Å². The highest BCUT2D eigenvalue weighted by molar-refractivity contribution is 5.21. The molecule has 3 rings (SSSR count). The van der Waals surface area contributed by atoms with Gasteiger partial charge in [0.05, 0.1) is 0 Å². The van der Waals surface area contributed by atoms with Crippen LogP contribution < -0.4 is 5.32 Å². The predicted molar refractivity (Wildman–Crippen MR) is 85.6 cm³/mol. The average molecular weight is 271 g/mol. The van der Waals surface area contributed by atoms with E-state index in [-0.39, 0.29) is 0 Å². The minimum absolute atomic E-state index is 0.440. The summed E-state index contributed by atoms with van der Waals surface area (Å²) in [5, 5.41) is 4.04. The van der Waals surface area contributed by atoms with E-state index in [4.69, 9.17) is 0 Å². The number of hydrogen-bond acceptors (Lipinski definition) is 1. The van der Waals surface area contributed by atoms with Crippen molar-refractivity contribution in [2.24, 2.45) is 16.7 Å². The Morgan fingerprint density at radius 1 is 1.20 bits per heavy atom. The highest BCUT2D eigenvalue weighted by atomic mass is 15.0. The molecule has 2 saturated carbocycles. The minimum atomic E-state index is 0.440. The Morgan fingerprint density at radius 2 is 1.90 bits per heavy atom. The highest BCUT2D eigenvalue weighted by Gasteiger charge is 2.59. The van der Waals surface area contributed by atoms with Crippen molar-refractivity contribution in [1.82, 2.24) is 5.32 Å². The van der Waals surface area contributed by atoms with Crippen LogP contribution in [0.3, 0.4) is 0 Å². The van der Waals surface area contributed by atoms with Gasteiger partial charge in [0, 0.05) is 12.1 Å². The maximum Gasteiger partial charge on any atom is 0.0320 e. The fourth-order valence-electron chi connectivity index (χ4n) is 5.05. The molecule has 20 heavy (non-hydrogen) atoms. The molecule has 0 aliphatic heterocycles. The normalized spacial score (nSPS) is 36.2. The summed E-state index contributed by atoms with van der Waals surface area (Å²) in [6.07, 6.45) is 5.42. The molecule has 2 aliphatic carbocycles. The van der Waals surface area contributed by atoms with Crippen molar-refractivity contribution in [3.8, 4) is 0 Å². The van der Waals surface area contributed by atoms with Gasteiger partial charge in [0.2, 0.25) is 0 Å². The largest absolute Gasteiger partial charge is 0.306 e. The monoisotopic (exact) mass is 271 g/mol. The Bertz CT molecular complexity index is 459. The summed E-state index contributed by atoms with van der Waals surface area (Å²) in [6, 6.07) is 12.1. The van der Waals surface area contributed by atoms with Crippen molar-refractivity contribution >= 4 is 0 Å². The summed E-state index contributed by atoms with van der Waals surface area (Å²) in [4.78, 5) is 0. The minimum Gasteiger partial charge on any atom is -0.306 e. The lowest BCUT2D eigenvalue weighted by Crippen LogP contribution is -2.51. The van der Waals surface area contributed by atoms with E-state index >= 15 is 0 Å². The summed E-state index contributed by atoms with van der Waals surface area (Å²) in [5.41, 5.74) is 2.39. The zero-order chi connectivity index (χ0) is 14.4. The van der Waals surface area contributed by atoms with E-state index in [9.17, 15) is 0 Å². The van der Waals surface area contributed by atoms with Crippen LogP contribution in [0.5, 0.6) is 0 Å². The molecule has 0 radical (unpaired) electrons. The number of benzene rings is 1. The van der Waals surface area contributed by atoms with E-state index in [0.29, 0.717) is 22.9 Å². The van der Waals surface area contributed by atoms with Gasteiger partial charge in [0.15, 0.2) is 0 Å². The van der Waals surface area contributed by atoms with Crippen molar-refractivity contribution in [3.05, 3.63) is 35.9 Å². The van der Waals surface area contributed by atoms with E-state index in [0.717, 1.165) is 12.3 Å². The van der Waals surface area contributed by atoms with Crippen LogP contribution in [0.4, 0.5) is 0 Å². The number of hydrogen-bond donors (Lipinski definition) is 1. The Morgan fingerprint density at radius 3 is 2.45 bits per heavy atom. The third-order valence-corrected chi connectivity index (χ3v) is 6.25. The van der Waals surface area contributed by atoms with Gasteiger partial charge in [-0.3, -0.25) is 0 Å². The second-order valence-electron chi connectivity index (χ2n) is 7.89. The van der Waals surface area contributed by atoms with Gasteiger partial charge in [-0.25, -0.2) is 0 Å². The van der Waals surface area contributed by atoms with Gasteiger partial charge >= 0.3 is 0 Å². The maximum absolute atomic E-state index is 4.04. The van der Waals surface area contributed by atoms with Gasteiger partial charge in [-0.1, -0.05) is 58.0 Å². The Hall–Kier alpha value is -0.820. The number of rotatable bonds is 4. The van der Waals surface area contributed by atoms with Crippen LogP contribution in [0.25, 0.3) is 0 Å². The third kappa shape index (κ3) is 2.11. The van der Waals surface area contributed by atoms with E-state index < -0.39 is 0 Å². The first-order valence-corrected chi connectivity index (χ1v) is 8.28. The zero-order valence-corrected chi connectivity index (χ0v) is 13.4. The van der Waals surface area contributed by atoms with Gasteiger partial charge in [0.1, 0.15) is 0 Å². The van der Waals surface area contributed by atoms with E-state index in [1.54, 1.807) is 0 Å². The fourth-order valence-corrected chi connectivity index (χ4v) is 5.05. The second-order valence-corrected chi connectivity index (χ2v) is 7.89. The molecule has 1 N–H and O–H groups in total. The van der Waals surface area contributed by atoms with Crippen LogP contribution in [0, 0.1) is 16.7 Å². The summed E-state index contributed by atoms with van der Waals surface area (Å²) < 4.78 is 0. The smallest absolute Gasteiger partial charge is 0.0320 e. The average Bonchev–Trinajstić information content (AvgIpc) is 2.91. The van der Waals surface area contributed by atoms with Crippen LogP contribution >= 0.6 is 0 Å². The van der Waals surface area contributed by atoms with Crippen molar-refractivity contribution in [1.29, 1.82) is 0 Å². The van der Waals surface area contributed by atoms with Crippen LogP contribution in [0.15, 0.2) is 30.3 Å². The first-order chi connectivity index (χ1) is 9.47. The quantitative estimate of drug-likeness (QED) is 0.817. The third-order valence-electron chi connectivity index (χ3n) is 6.25. The lowest BCUT2D eigenvalue weighted by molar-refractivity contribution is 0.0976. The fraction of sp³-hybridized carbons (Fsp3) is 0.684. The molecule has 1 aromatic carbocycles. The molecule has 0 saturated heterocycles. The molecule has 4 atom stereocenters. The molecule has 0 amide bonds. The molecule has 1 heteroatoms. The molecule has 110 valence electrons. The standard InChI is InChI=1S/C19H29N/c1-5-16(14-9-7-6-8-10-14)20-17-18(2,3)15-11-12-19(17,4)13-15/h6-10,15-17,20H,5,11-13H2,1-4H3/t15-,16?,17?,19+/m0/s1. The SMILES string of the molecule is CCC(NC1C(C)(C)[C@H]2CC[C@]1(C)C2)c1ccccc1. The Balaban J connectivity index is 1.83. The Labute approximate surface area is 124 Å². The van der Waals surface area contributed by atoms with Crippen LogP contribution in [0.1, 0.15) is 65.0 Å². The molecule has 1 nitrogen and oxygen atoms in total. The van der Waals surface area contributed by atoms with Gasteiger partial charge in [-0.2, -0.15) is 0 Å². The molecule has 2 aliphatic rings. The van der Waals surface area contributed by atoms with Crippen molar-refractivity contribution < 1.29 is 0 Å². The molecule has 2 bridgehead atoms. The van der Waals surface area contributed by atoms with Gasteiger partial charge < -0.3 is 5.32 Å². The van der Waals surface area contributed by atoms with Crippen molar-refractivity contribution in [3.63, 3.8) is 0 Å². The summed E-state index contributed by atoms with van der Waals surface area (Å²) in [6.45, 7) is 9.78. The molecular formula is C19H29N. The summed E-state index contributed by atoms with van der Waals surface area (Å²) in [5.74, 6) is 0.915. The second kappa shape index (κ2) is 4.87. The molecule has 0 aromatic heterocycles.